The Balaban J connectivity index is 2.15. The van der Waals surface area contributed by atoms with E-state index in [1.807, 2.05) is 0 Å². The molecular weight excluding hydrogens is 297 g/mol. The van der Waals surface area contributed by atoms with Crippen LogP contribution in [0.1, 0.15) is 21.8 Å². The number of methoxy groups -OCH3 is 1. The van der Waals surface area contributed by atoms with Crippen molar-refractivity contribution in [2.75, 3.05) is 12.4 Å². The molecule has 1 amide bonds. The summed E-state index contributed by atoms with van der Waals surface area (Å²) in [5.74, 6) is -0.628. The highest BCUT2D eigenvalue weighted by Crippen LogP contribution is 2.16. The van der Waals surface area contributed by atoms with Gasteiger partial charge in [0.25, 0.3) is 5.91 Å². The van der Waals surface area contributed by atoms with Crippen LogP contribution in [0.4, 0.5) is 10.1 Å². The van der Waals surface area contributed by atoms with E-state index in [1.165, 1.54) is 31.4 Å². The quantitative estimate of drug-likeness (QED) is 0.819. The normalized spacial score (nSPS) is 10.4. The van der Waals surface area contributed by atoms with E-state index >= 15 is 0 Å². The maximum absolute atomic E-state index is 13.4. The summed E-state index contributed by atoms with van der Waals surface area (Å²) in [6.45, 7) is 0.211. The first-order valence-electron chi connectivity index (χ1n) is 5.86. The third-order valence-electron chi connectivity index (χ3n) is 2.57. The van der Waals surface area contributed by atoms with Crippen molar-refractivity contribution in [3.05, 3.63) is 47.1 Å². The molecule has 0 fully saturated rings. The van der Waals surface area contributed by atoms with Crippen molar-refractivity contribution in [1.29, 1.82) is 0 Å². The molecule has 1 heterocycles. The molecule has 0 spiro atoms. The van der Waals surface area contributed by atoms with Gasteiger partial charge in [-0.15, -0.1) is 0 Å². The number of nitrogens with two attached hydrogens (primary N) is 1. The zero-order valence-corrected chi connectivity index (χ0v) is 11.9. The van der Waals surface area contributed by atoms with Gasteiger partial charge in [-0.1, -0.05) is 17.4 Å². The van der Waals surface area contributed by atoms with Crippen molar-refractivity contribution in [1.82, 2.24) is 5.16 Å². The second kappa shape index (κ2) is 6.42. The van der Waals surface area contributed by atoms with E-state index in [0.29, 0.717) is 11.4 Å². The molecule has 1 aromatic carbocycles. The fourth-order valence-electron chi connectivity index (χ4n) is 1.62. The zero-order chi connectivity index (χ0) is 15.4. The number of hydrogen-bond donors (Lipinski definition) is 2. The van der Waals surface area contributed by atoms with Crippen LogP contribution in [0.25, 0.3) is 0 Å². The van der Waals surface area contributed by atoms with Crippen molar-refractivity contribution in [3.63, 3.8) is 0 Å². The standard InChI is InChI=1S/C13H12FN3O3S/c1-19-6-8-5-11(17-20-8)13(18)16-7-2-3-10(14)9(4-7)12(15)21/h2-5H,6H2,1H3,(H2,15,21)(H,16,18). The number of hydrogen-bond acceptors (Lipinski definition) is 5. The van der Waals surface area contributed by atoms with E-state index in [9.17, 15) is 9.18 Å². The van der Waals surface area contributed by atoms with Crippen LogP contribution < -0.4 is 11.1 Å². The van der Waals surface area contributed by atoms with Gasteiger partial charge in [0.2, 0.25) is 0 Å². The maximum Gasteiger partial charge on any atom is 0.277 e. The van der Waals surface area contributed by atoms with Gasteiger partial charge in [-0.25, -0.2) is 4.39 Å². The van der Waals surface area contributed by atoms with E-state index in [-0.39, 0.29) is 22.9 Å². The Morgan fingerprint density at radius 1 is 1.52 bits per heavy atom. The van der Waals surface area contributed by atoms with E-state index < -0.39 is 11.7 Å². The number of aromatic nitrogens is 1. The SMILES string of the molecule is COCc1cc(C(=O)Nc2ccc(F)c(C(N)=S)c2)no1. The minimum atomic E-state index is -0.552. The smallest absolute Gasteiger partial charge is 0.277 e. The molecule has 0 saturated heterocycles. The van der Waals surface area contributed by atoms with Crippen LogP contribution in [0.2, 0.25) is 0 Å². The first kappa shape index (κ1) is 15.1. The fraction of sp³-hybridized carbons (Fsp3) is 0.154. The molecule has 0 bridgehead atoms. The summed E-state index contributed by atoms with van der Waals surface area (Å²) >= 11 is 4.73. The predicted molar refractivity (Wildman–Crippen MR) is 77.5 cm³/mol. The summed E-state index contributed by atoms with van der Waals surface area (Å²) in [5.41, 5.74) is 5.89. The molecule has 2 aromatic rings. The molecule has 0 aliphatic carbocycles. The van der Waals surface area contributed by atoms with E-state index in [0.717, 1.165) is 0 Å². The number of amides is 1. The lowest BCUT2D eigenvalue weighted by Gasteiger charge is -2.06. The van der Waals surface area contributed by atoms with Crippen LogP contribution in [0.15, 0.2) is 28.8 Å². The van der Waals surface area contributed by atoms with Gasteiger partial charge in [-0.3, -0.25) is 4.79 Å². The van der Waals surface area contributed by atoms with Gasteiger partial charge >= 0.3 is 0 Å². The van der Waals surface area contributed by atoms with Gasteiger partial charge in [0.1, 0.15) is 17.4 Å². The molecule has 0 saturated carbocycles. The van der Waals surface area contributed by atoms with Crippen molar-refractivity contribution in [2.24, 2.45) is 5.73 Å². The Morgan fingerprint density at radius 3 is 2.95 bits per heavy atom. The summed E-state index contributed by atoms with van der Waals surface area (Å²) in [6, 6.07) is 5.37. The summed E-state index contributed by atoms with van der Waals surface area (Å²) in [7, 11) is 1.50. The van der Waals surface area contributed by atoms with E-state index in [1.54, 1.807) is 0 Å². The Bertz CT molecular complexity index is 687. The highest BCUT2D eigenvalue weighted by molar-refractivity contribution is 7.80. The molecule has 0 atom stereocenters. The van der Waals surface area contributed by atoms with Gasteiger partial charge in [-0.2, -0.15) is 0 Å². The summed E-state index contributed by atoms with van der Waals surface area (Å²) in [4.78, 5) is 11.9. The highest BCUT2D eigenvalue weighted by Gasteiger charge is 2.14. The molecule has 6 nitrogen and oxygen atoms in total. The average Bonchev–Trinajstić information content (AvgIpc) is 2.90. The highest BCUT2D eigenvalue weighted by atomic mass is 32.1. The fourth-order valence-corrected chi connectivity index (χ4v) is 1.77. The molecular formula is C13H12FN3O3S. The lowest BCUT2D eigenvalue weighted by molar-refractivity contribution is 0.101. The number of benzene rings is 1. The van der Waals surface area contributed by atoms with Crippen LogP contribution in [0.3, 0.4) is 0 Å². The largest absolute Gasteiger partial charge is 0.389 e. The third-order valence-corrected chi connectivity index (χ3v) is 2.79. The van der Waals surface area contributed by atoms with Gasteiger partial charge in [0.05, 0.1) is 0 Å². The molecule has 1 aromatic heterocycles. The summed E-state index contributed by atoms with van der Waals surface area (Å²) < 4.78 is 23.2. The molecule has 3 N–H and O–H groups in total. The lowest BCUT2D eigenvalue weighted by atomic mass is 10.2. The van der Waals surface area contributed by atoms with Crippen molar-refractivity contribution in [2.45, 2.75) is 6.61 Å². The summed E-state index contributed by atoms with van der Waals surface area (Å²) in [6.07, 6.45) is 0. The zero-order valence-electron chi connectivity index (χ0n) is 11.1. The van der Waals surface area contributed by atoms with E-state index in [4.69, 9.17) is 27.2 Å². The molecule has 0 aliphatic heterocycles. The molecule has 0 aliphatic rings. The minimum absolute atomic E-state index is 0.0584. The van der Waals surface area contributed by atoms with Gasteiger partial charge in [-0.05, 0) is 18.2 Å². The minimum Gasteiger partial charge on any atom is -0.389 e. The number of halogens is 1. The Hall–Kier alpha value is -2.32. The molecule has 2 rings (SSSR count). The van der Waals surface area contributed by atoms with Crippen molar-refractivity contribution < 1.29 is 18.4 Å². The molecule has 0 radical (unpaired) electrons. The first-order valence-corrected chi connectivity index (χ1v) is 6.27. The van der Waals surface area contributed by atoms with Crippen LogP contribution in [-0.2, 0) is 11.3 Å². The Morgan fingerprint density at radius 2 is 2.29 bits per heavy atom. The lowest BCUT2D eigenvalue weighted by Crippen LogP contribution is -2.15. The second-order valence-electron chi connectivity index (χ2n) is 4.12. The summed E-state index contributed by atoms with van der Waals surface area (Å²) in [5, 5.41) is 6.17. The Kier molecular flexibility index (Phi) is 4.61. The van der Waals surface area contributed by atoms with E-state index in [2.05, 4.69) is 10.5 Å². The van der Waals surface area contributed by atoms with Crippen LogP contribution in [0.5, 0.6) is 0 Å². The Labute approximate surface area is 125 Å². The molecule has 21 heavy (non-hydrogen) atoms. The van der Waals surface area contributed by atoms with Gasteiger partial charge < -0.3 is 20.3 Å². The maximum atomic E-state index is 13.4. The number of ether oxygens (including phenoxy) is 1. The monoisotopic (exact) mass is 309 g/mol. The number of anilines is 1. The number of carbonyl (C=O) groups is 1. The first-order chi connectivity index (χ1) is 10.0. The number of nitrogens with one attached hydrogen (secondary N) is 1. The number of carbonyl (C=O) groups excluding carboxylic acids is 1. The van der Waals surface area contributed by atoms with Crippen molar-refractivity contribution >= 4 is 28.8 Å². The van der Waals surface area contributed by atoms with Crippen LogP contribution >= 0.6 is 12.2 Å². The topological polar surface area (TPSA) is 90.4 Å². The van der Waals surface area contributed by atoms with Crippen LogP contribution in [-0.4, -0.2) is 23.2 Å². The second-order valence-corrected chi connectivity index (χ2v) is 4.56. The number of rotatable bonds is 5. The predicted octanol–water partition coefficient (Wildman–Crippen LogP) is 1.85. The van der Waals surface area contributed by atoms with Crippen LogP contribution in [0, 0.1) is 5.82 Å². The average molecular weight is 309 g/mol. The molecule has 0 unspecified atom stereocenters. The van der Waals surface area contributed by atoms with Crippen molar-refractivity contribution in [3.8, 4) is 0 Å². The number of thiocarbonyl (C=S) groups is 1. The molecule has 110 valence electrons. The number of nitrogens with zero attached hydrogens (tertiary/aromatic N) is 1. The molecule has 8 heteroatoms. The van der Waals surface area contributed by atoms with Gasteiger partial charge in [0.15, 0.2) is 11.5 Å². The van der Waals surface area contributed by atoms with Gasteiger partial charge in [0, 0.05) is 24.4 Å². The third kappa shape index (κ3) is 3.61.